The molecule has 2 aromatic heterocycles. The van der Waals surface area contributed by atoms with Crippen molar-refractivity contribution < 1.29 is 14.3 Å². The summed E-state index contributed by atoms with van der Waals surface area (Å²) in [5.74, 6) is 2.35. The maximum atomic E-state index is 12.2. The number of ether oxygens (including phenoxy) is 2. The van der Waals surface area contributed by atoms with Gasteiger partial charge in [-0.25, -0.2) is 9.50 Å². The lowest BCUT2D eigenvalue weighted by Crippen LogP contribution is -2.41. The van der Waals surface area contributed by atoms with E-state index >= 15 is 0 Å². The predicted molar refractivity (Wildman–Crippen MR) is 120 cm³/mol. The second-order valence-corrected chi connectivity index (χ2v) is 7.48. The number of carbonyl (C=O) groups excluding carboxylic acids is 1. The normalized spacial score (nSPS) is 14.5. The van der Waals surface area contributed by atoms with Gasteiger partial charge in [-0.1, -0.05) is 6.08 Å². The van der Waals surface area contributed by atoms with E-state index in [0.717, 1.165) is 48.5 Å². The Morgan fingerprint density at radius 3 is 2.71 bits per heavy atom. The Balaban J connectivity index is 1.57. The third-order valence-corrected chi connectivity index (χ3v) is 5.63. The van der Waals surface area contributed by atoms with Gasteiger partial charge in [0.05, 0.1) is 19.9 Å². The number of rotatable bonds is 7. The number of hydrogen-bond donors (Lipinski definition) is 1. The number of methoxy groups -OCH3 is 2. The fraction of sp³-hybridized carbons (Fsp3) is 0.348. The van der Waals surface area contributed by atoms with Crippen LogP contribution >= 0.6 is 0 Å². The third kappa shape index (κ3) is 4.19. The third-order valence-electron chi connectivity index (χ3n) is 5.63. The maximum Gasteiger partial charge on any atom is 0.223 e. The summed E-state index contributed by atoms with van der Waals surface area (Å²) in [7, 11) is 3.24. The highest BCUT2D eigenvalue weighted by Crippen LogP contribution is 2.33. The van der Waals surface area contributed by atoms with Crippen LogP contribution in [0.3, 0.4) is 0 Å². The van der Waals surface area contributed by atoms with Crippen LogP contribution in [0.5, 0.6) is 11.5 Å². The van der Waals surface area contributed by atoms with Gasteiger partial charge in [-0.15, -0.1) is 6.58 Å². The number of benzene rings is 1. The Morgan fingerprint density at radius 1 is 1.23 bits per heavy atom. The largest absolute Gasteiger partial charge is 0.493 e. The first-order chi connectivity index (χ1) is 15.1. The van der Waals surface area contributed by atoms with E-state index in [1.165, 1.54) is 0 Å². The summed E-state index contributed by atoms with van der Waals surface area (Å²) < 4.78 is 12.6. The van der Waals surface area contributed by atoms with Crippen LogP contribution in [0.15, 0.2) is 49.3 Å². The lowest BCUT2D eigenvalue weighted by Gasteiger charge is -2.32. The number of piperidine rings is 1. The van der Waals surface area contributed by atoms with Gasteiger partial charge >= 0.3 is 0 Å². The molecule has 0 spiro atoms. The zero-order valence-electron chi connectivity index (χ0n) is 17.9. The van der Waals surface area contributed by atoms with E-state index in [0.29, 0.717) is 18.0 Å². The molecular weight excluding hydrogens is 394 g/mol. The molecule has 1 saturated heterocycles. The molecule has 1 aliphatic rings. The van der Waals surface area contributed by atoms with Crippen molar-refractivity contribution in [1.29, 1.82) is 0 Å². The number of fused-ring (bicyclic) bond motifs is 1. The van der Waals surface area contributed by atoms with Gasteiger partial charge < -0.3 is 19.7 Å². The van der Waals surface area contributed by atoms with Gasteiger partial charge in [0.2, 0.25) is 5.91 Å². The first-order valence-corrected chi connectivity index (χ1v) is 10.3. The Kier molecular flexibility index (Phi) is 6.06. The van der Waals surface area contributed by atoms with Crippen molar-refractivity contribution in [3.05, 3.63) is 49.3 Å². The maximum absolute atomic E-state index is 12.2. The molecule has 1 aliphatic heterocycles. The molecule has 8 nitrogen and oxygen atoms in total. The van der Waals surface area contributed by atoms with E-state index in [4.69, 9.17) is 14.6 Å². The fourth-order valence-corrected chi connectivity index (χ4v) is 3.96. The molecule has 31 heavy (non-hydrogen) atoms. The Morgan fingerprint density at radius 2 is 2.00 bits per heavy atom. The zero-order valence-corrected chi connectivity index (χ0v) is 17.9. The van der Waals surface area contributed by atoms with Crippen molar-refractivity contribution in [2.24, 2.45) is 5.92 Å². The molecule has 3 heterocycles. The van der Waals surface area contributed by atoms with Gasteiger partial charge in [-0.05, 0) is 37.1 Å². The topological polar surface area (TPSA) is 81.0 Å². The lowest BCUT2D eigenvalue weighted by molar-refractivity contribution is -0.125. The molecule has 1 amide bonds. The summed E-state index contributed by atoms with van der Waals surface area (Å²) in [5, 5.41) is 7.63. The number of nitrogens with one attached hydrogen (secondary N) is 1. The minimum Gasteiger partial charge on any atom is -0.493 e. The minimum atomic E-state index is 0.0307. The van der Waals surface area contributed by atoms with Crippen LogP contribution in [0.1, 0.15) is 12.8 Å². The Hall–Kier alpha value is -3.55. The molecule has 0 atom stereocenters. The number of amides is 1. The summed E-state index contributed by atoms with van der Waals surface area (Å²) in [6.07, 6.45) is 6.90. The smallest absolute Gasteiger partial charge is 0.223 e. The van der Waals surface area contributed by atoms with E-state index in [1.54, 1.807) is 26.5 Å². The highest BCUT2D eigenvalue weighted by Gasteiger charge is 2.26. The predicted octanol–water partition coefficient (Wildman–Crippen LogP) is 2.93. The van der Waals surface area contributed by atoms with E-state index in [-0.39, 0.29) is 11.8 Å². The fourth-order valence-electron chi connectivity index (χ4n) is 3.96. The number of carbonyl (C=O) groups is 1. The molecule has 0 saturated carbocycles. The number of hydrogen-bond acceptors (Lipinski definition) is 6. The Bertz CT molecular complexity index is 1090. The quantitative estimate of drug-likeness (QED) is 0.591. The van der Waals surface area contributed by atoms with Crippen LogP contribution in [-0.4, -0.2) is 54.4 Å². The standard InChI is InChI=1S/C23H27N5O3/c1-4-9-25-23(29)16-7-11-27(12-8-16)22-19-15-18(26-28(19)13-10-24-22)17-5-6-20(30-2)21(14-17)31-3/h4-6,10,13-16H,1,7-9,11-12H2,2-3H3,(H,25,29). The van der Waals surface area contributed by atoms with Crippen molar-refractivity contribution in [3.63, 3.8) is 0 Å². The number of anilines is 1. The molecule has 0 unspecified atom stereocenters. The van der Waals surface area contributed by atoms with Gasteiger partial charge in [0.25, 0.3) is 0 Å². The zero-order chi connectivity index (χ0) is 21.8. The van der Waals surface area contributed by atoms with Crippen LogP contribution in [0.2, 0.25) is 0 Å². The molecule has 8 heteroatoms. The summed E-state index contributed by atoms with van der Waals surface area (Å²) >= 11 is 0. The van der Waals surface area contributed by atoms with Crippen molar-refractivity contribution in [3.8, 4) is 22.8 Å². The summed E-state index contributed by atoms with van der Waals surface area (Å²) in [6.45, 7) is 5.70. The van der Waals surface area contributed by atoms with E-state index in [9.17, 15) is 4.79 Å². The SMILES string of the molecule is C=CCNC(=O)C1CCN(c2nccn3nc(-c4ccc(OC)c(OC)c4)cc23)CC1. The van der Waals surface area contributed by atoms with Crippen molar-refractivity contribution >= 4 is 17.2 Å². The van der Waals surface area contributed by atoms with Crippen molar-refractivity contribution in [1.82, 2.24) is 19.9 Å². The summed E-state index contributed by atoms with van der Waals surface area (Å²) in [4.78, 5) is 19.1. The van der Waals surface area contributed by atoms with E-state index < -0.39 is 0 Å². The lowest BCUT2D eigenvalue weighted by atomic mass is 9.96. The van der Waals surface area contributed by atoms with Gasteiger partial charge in [-0.3, -0.25) is 4.79 Å². The van der Waals surface area contributed by atoms with E-state index in [2.05, 4.69) is 21.8 Å². The average molecular weight is 422 g/mol. The minimum absolute atomic E-state index is 0.0307. The van der Waals surface area contributed by atoms with E-state index in [1.807, 2.05) is 35.0 Å². The number of aromatic nitrogens is 3. The van der Waals surface area contributed by atoms with Crippen molar-refractivity contribution in [2.75, 3.05) is 38.8 Å². The second-order valence-electron chi connectivity index (χ2n) is 7.48. The summed E-state index contributed by atoms with van der Waals surface area (Å²) in [6, 6.07) is 7.79. The molecule has 1 N–H and O–H groups in total. The average Bonchev–Trinajstić information content (AvgIpc) is 3.26. The first-order valence-electron chi connectivity index (χ1n) is 10.3. The molecule has 1 aromatic carbocycles. The Labute approximate surface area is 181 Å². The number of nitrogens with zero attached hydrogens (tertiary/aromatic N) is 4. The second kappa shape index (κ2) is 9.07. The van der Waals surface area contributed by atoms with Crippen LogP contribution in [0.4, 0.5) is 5.82 Å². The molecule has 0 radical (unpaired) electrons. The molecule has 3 aromatic rings. The highest BCUT2D eigenvalue weighted by atomic mass is 16.5. The van der Waals surface area contributed by atoms with Gasteiger partial charge in [0, 0.05) is 43.5 Å². The van der Waals surface area contributed by atoms with Crippen molar-refractivity contribution in [2.45, 2.75) is 12.8 Å². The van der Waals surface area contributed by atoms with Crippen LogP contribution < -0.4 is 19.7 Å². The molecule has 1 fully saturated rings. The van der Waals surface area contributed by atoms with Crippen LogP contribution in [0.25, 0.3) is 16.8 Å². The molecule has 4 rings (SSSR count). The monoisotopic (exact) mass is 421 g/mol. The van der Waals surface area contributed by atoms with Crippen LogP contribution in [-0.2, 0) is 4.79 Å². The molecule has 162 valence electrons. The molecular formula is C23H27N5O3. The van der Waals surface area contributed by atoms with Gasteiger partial charge in [-0.2, -0.15) is 5.10 Å². The molecule has 0 bridgehead atoms. The highest BCUT2D eigenvalue weighted by molar-refractivity contribution is 5.80. The molecule has 0 aliphatic carbocycles. The first kappa shape index (κ1) is 20.7. The van der Waals surface area contributed by atoms with Gasteiger partial charge in [0.15, 0.2) is 17.3 Å². The summed E-state index contributed by atoms with van der Waals surface area (Å²) in [5.41, 5.74) is 2.70. The van der Waals surface area contributed by atoms with Crippen LogP contribution in [0, 0.1) is 5.92 Å². The van der Waals surface area contributed by atoms with Gasteiger partial charge in [0.1, 0.15) is 5.52 Å².